The lowest BCUT2D eigenvalue weighted by molar-refractivity contribution is 1.10. The van der Waals surface area contributed by atoms with Crippen LogP contribution in [0.15, 0.2) is 0 Å². The second kappa shape index (κ2) is 4.49. The molecule has 0 radical (unpaired) electrons. The van der Waals surface area contributed by atoms with Gasteiger partial charge in [0.1, 0.15) is 7.85 Å². The Morgan fingerprint density at radius 1 is 1.60 bits per heavy atom. The van der Waals surface area contributed by atoms with Crippen molar-refractivity contribution in [2.45, 2.75) is 12.7 Å². The largest absolute Gasteiger partial charge is 0.138 e. The molecule has 1 atom stereocenters. The van der Waals surface area contributed by atoms with Gasteiger partial charge in [0.15, 0.2) is 0 Å². The Labute approximate surface area is 37.0 Å². The van der Waals surface area contributed by atoms with E-state index in [0.717, 1.165) is 0 Å². The summed E-state index contributed by atoms with van der Waals surface area (Å²) in [6.07, 6.45) is 3.94. The van der Waals surface area contributed by atoms with E-state index in [4.69, 9.17) is 0 Å². The van der Waals surface area contributed by atoms with Crippen molar-refractivity contribution in [3.8, 4) is 0 Å². The molecule has 0 aromatic heterocycles. The normalized spacial score (nSPS) is 8.20. The standard InChI is InChI=1S/C3H10BP/c4-2-1-3-5/h1-5H2. The van der Waals surface area contributed by atoms with E-state index in [1.54, 1.807) is 0 Å². The third kappa shape index (κ3) is 4.49. The summed E-state index contributed by atoms with van der Waals surface area (Å²) in [5.41, 5.74) is 0. The minimum Gasteiger partial charge on any atom is -0.138 e. The first-order chi connectivity index (χ1) is 2.41. The Bertz CT molecular complexity index is 14.4. The molecule has 0 aliphatic heterocycles. The topological polar surface area (TPSA) is 0 Å². The van der Waals surface area contributed by atoms with Gasteiger partial charge in [0.05, 0.1) is 0 Å². The molecule has 0 amide bonds. The predicted octanol–water partition coefficient (Wildman–Crippen LogP) is 0.303. The Hall–Kier alpha value is 0.495. The Balaban J connectivity index is 2.19. The summed E-state index contributed by atoms with van der Waals surface area (Å²) < 4.78 is 0. The van der Waals surface area contributed by atoms with Crippen molar-refractivity contribution in [2.75, 3.05) is 6.16 Å². The van der Waals surface area contributed by atoms with E-state index in [1.165, 1.54) is 18.9 Å². The summed E-state index contributed by atoms with van der Waals surface area (Å²) in [6, 6.07) is 0. The molecule has 0 aliphatic rings. The van der Waals surface area contributed by atoms with Crippen LogP contribution < -0.4 is 0 Å². The van der Waals surface area contributed by atoms with Crippen LogP contribution in [-0.4, -0.2) is 14.0 Å². The van der Waals surface area contributed by atoms with Crippen LogP contribution in [-0.2, 0) is 0 Å². The molecule has 0 nitrogen and oxygen atoms in total. The summed E-state index contributed by atoms with van der Waals surface area (Å²) in [7, 11) is 4.90. The fraction of sp³-hybridized carbons (Fsp3) is 1.00. The number of rotatable bonds is 2. The van der Waals surface area contributed by atoms with Crippen LogP contribution in [0.5, 0.6) is 0 Å². The van der Waals surface area contributed by atoms with Crippen LogP contribution in [0.4, 0.5) is 0 Å². The van der Waals surface area contributed by atoms with Crippen molar-refractivity contribution in [2.24, 2.45) is 0 Å². The van der Waals surface area contributed by atoms with Crippen LogP contribution in [0.25, 0.3) is 0 Å². The molecule has 0 aliphatic carbocycles. The van der Waals surface area contributed by atoms with Gasteiger partial charge in [0.25, 0.3) is 0 Å². The SMILES string of the molecule is BCCCP. The highest BCUT2D eigenvalue weighted by Gasteiger charge is 1.68. The molecule has 0 N–H and O–H groups in total. The van der Waals surface area contributed by atoms with E-state index in [0.29, 0.717) is 0 Å². The van der Waals surface area contributed by atoms with Crippen molar-refractivity contribution in [3.05, 3.63) is 0 Å². The smallest absolute Gasteiger partial charge is 0.101 e. The molecule has 0 aromatic rings. The van der Waals surface area contributed by atoms with Gasteiger partial charge < -0.3 is 0 Å². The molecule has 30 valence electrons. The molecule has 0 spiro atoms. The molecule has 0 bridgehead atoms. The lowest BCUT2D eigenvalue weighted by atomic mass is 10.0. The van der Waals surface area contributed by atoms with Gasteiger partial charge in [-0.2, -0.15) is 0 Å². The highest BCUT2D eigenvalue weighted by atomic mass is 31.0. The summed E-state index contributed by atoms with van der Waals surface area (Å²) in [5, 5.41) is 0. The van der Waals surface area contributed by atoms with Gasteiger partial charge >= 0.3 is 0 Å². The maximum atomic E-state index is 2.70. The Kier molecular flexibility index (Phi) is 4.94. The van der Waals surface area contributed by atoms with Gasteiger partial charge in [-0.3, -0.25) is 0 Å². The molecule has 1 unspecified atom stereocenters. The van der Waals surface area contributed by atoms with Gasteiger partial charge in [-0.15, -0.1) is 9.24 Å². The molecular formula is C3H10BP. The van der Waals surface area contributed by atoms with Crippen molar-refractivity contribution in [3.63, 3.8) is 0 Å². The summed E-state index contributed by atoms with van der Waals surface area (Å²) in [6.45, 7) is 0. The average Bonchev–Trinajstić information content (AvgIpc) is 1.41. The lowest BCUT2D eigenvalue weighted by Crippen LogP contribution is -1.68. The first kappa shape index (κ1) is 5.49. The molecule has 0 aromatic carbocycles. The fourth-order valence-electron chi connectivity index (χ4n) is 0.204. The van der Waals surface area contributed by atoms with Gasteiger partial charge in [0, 0.05) is 0 Å². The maximum Gasteiger partial charge on any atom is 0.101 e. The number of hydrogen-bond donors (Lipinski definition) is 0. The molecule has 0 fully saturated rings. The van der Waals surface area contributed by atoms with E-state index in [2.05, 4.69) is 17.1 Å². The monoisotopic (exact) mass is 88.1 g/mol. The summed E-state index contributed by atoms with van der Waals surface area (Å²) in [5.74, 6) is 0. The highest BCUT2D eigenvalue weighted by Crippen LogP contribution is 1.88. The zero-order chi connectivity index (χ0) is 4.12. The van der Waals surface area contributed by atoms with E-state index < -0.39 is 0 Å². The molecule has 0 saturated carbocycles. The highest BCUT2D eigenvalue weighted by molar-refractivity contribution is 7.16. The van der Waals surface area contributed by atoms with Crippen molar-refractivity contribution in [1.29, 1.82) is 0 Å². The third-order valence-corrected chi connectivity index (χ3v) is 0.966. The molecule has 2 heteroatoms. The second-order valence-electron chi connectivity index (χ2n) is 1.14. The molecule has 0 rings (SSSR count). The average molecular weight is 87.9 g/mol. The molecule has 0 saturated heterocycles. The minimum atomic E-state index is 1.26. The van der Waals surface area contributed by atoms with Gasteiger partial charge in [-0.05, 0) is 6.16 Å². The Morgan fingerprint density at radius 2 is 2.20 bits per heavy atom. The zero-order valence-corrected chi connectivity index (χ0v) is 4.85. The Morgan fingerprint density at radius 3 is 2.20 bits per heavy atom. The fourth-order valence-corrected chi connectivity index (χ4v) is 0.612. The van der Waals surface area contributed by atoms with Crippen LogP contribution >= 0.6 is 9.24 Å². The predicted molar refractivity (Wildman–Crippen MR) is 32.5 cm³/mol. The summed E-state index contributed by atoms with van der Waals surface area (Å²) in [4.78, 5) is 0. The molecular weight excluding hydrogens is 77.8 g/mol. The van der Waals surface area contributed by atoms with E-state index >= 15 is 0 Å². The molecule has 5 heavy (non-hydrogen) atoms. The van der Waals surface area contributed by atoms with Crippen molar-refractivity contribution < 1.29 is 0 Å². The van der Waals surface area contributed by atoms with Crippen LogP contribution in [0, 0.1) is 0 Å². The third-order valence-electron chi connectivity index (χ3n) is 0.558. The maximum absolute atomic E-state index is 2.70. The number of hydrogen-bond acceptors (Lipinski definition) is 0. The van der Waals surface area contributed by atoms with Crippen LogP contribution in [0.1, 0.15) is 6.42 Å². The van der Waals surface area contributed by atoms with Gasteiger partial charge in [-0.25, -0.2) is 0 Å². The first-order valence-corrected chi connectivity index (χ1v) is 2.93. The second-order valence-corrected chi connectivity index (χ2v) is 1.72. The van der Waals surface area contributed by atoms with Crippen molar-refractivity contribution >= 4 is 17.1 Å². The van der Waals surface area contributed by atoms with E-state index in [-0.39, 0.29) is 0 Å². The van der Waals surface area contributed by atoms with E-state index in [1.807, 2.05) is 0 Å². The quantitative estimate of drug-likeness (QED) is 0.336. The minimum absolute atomic E-state index is 1.26. The lowest BCUT2D eigenvalue weighted by Gasteiger charge is -1.78. The first-order valence-electron chi connectivity index (χ1n) is 2.12. The van der Waals surface area contributed by atoms with Gasteiger partial charge in [-0.1, -0.05) is 12.7 Å². The van der Waals surface area contributed by atoms with Crippen LogP contribution in [0.3, 0.4) is 0 Å². The van der Waals surface area contributed by atoms with Gasteiger partial charge in [0.2, 0.25) is 0 Å². The zero-order valence-electron chi connectivity index (χ0n) is 3.70. The van der Waals surface area contributed by atoms with E-state index in [9.17, 15) is 0 Å². The summed E-state index contributed by atoms with van der Waals surface area (Å²) >= 11 is 0. The van der Waals surface area contributed by atoms with Crippen molar-refractivity contribution in [1.82, 2.24) is 0 Å². The molecule has 0 heterocycles. The van der Waals surface area contributed by atoms with Crippen LogP contribution in [0.2, 0.25) is 6.32 Å².